The lowest BCUT2D eigenvalue weighted by atomic mass is 10.0. The molecule has 0 heterocycles. The van der Waals surface area contributed by atoms with E-state index in [1.807, 2.05) is 55.5 Å². The van der Waals surface area contributed by atoms with E-state index >= 15 is 0 Å². The lowest BCUT2D eigenvalue weighted by Crippen LogP contribution is -2.38. The summed E-state index contributed by atoms with van der Waals surface area (Å²) >= 11 is 0. The van der Waals surface area contributed by atoms with Crippen molar-refractivity contribution in [2.24, 2.45) is 0 Å². The highest BCUT2D eigenvalue weighted by Gasteiger charge is 2.20. The van der Waals surface area contributed by atoms with E-state index in [4.69, 9.17) is 9.47 Å². The predicted octanol–water partition coefficient (Wildman–Crippen LogP) is 4.46. The predicted molar refractivity (Wildman–Crippen MR) is 100 cm³/mol. The molecule has 2 atom stereocenters. The molecule has 0 saturated heterocycles. The van der Waals surface area contributed by atoms with Crippen LogP contribution in [0.5, 0.6) is 11.5 Å². The molecule has 0 aliphatic rings. The van der Waals surface area contributed by atoms with Crippen molar-refractivity contribution >= 4 is 5.91 Å². The zero-order valence-electron chi connectivity index (χ0n) is 15.6. The van der Waals surface area contributed by atoms with E-state index < -0.39 is 6.10 Å². The molecular formula is C21H27NO3. The third-order valence-corrected chi connectivity index (χ3v) is 4.18. The molecule has 2 unspecified atom stereocenters. The molecule has 0 aliphatic heterocycles. The summed E-state index contributed by atoms with van der Waals surface area (Å²) in [4.78, 5) is 12.5. The first kappa shape index (κ1) is 18.8. The molecule has 2 rings (SSSR count). The second-order valence-corrected chi connectivity index (χ2v) is 6.42. The summed E-state index contributed by atoms with van der Waals surface area (Å²) in [6.45, 7) is 7.92. The molecule has 0 aliphatic carbocycles. The van der Waals surface area contributed by atoms with Gasteiger partial charge in [-0.15, -0.1) is 0 Å². The van der Waals surface area contributed by atoms with Gasteiger partial charge in [-0.1, -0.05) is 50.2 Å². The average Bonchev–Trinajstić information content (AvgIpc) is 2.61. The molecule has 2 aromatic rings. The molecule has 0 bridgehead atoms. The first-order valence-electron chi connectivity index (χ1n) is 8.63. The van der Waals surface area contributed by atoms with Gasteiger partial charge in [-0.3, -0.25) is 4.79 Å². The molecule has 1 N–H and O–H groups in total. The number of rotatable bonds is 7. The van der Waals surface area contributed by atoms with Gasteiger partial charge >= 0.3 is 0 Å². The number of benzene rings is 2. The molecule has 0 fully saturated rings. The number of carbonyl (C=O) groups is 1. The van der Waals surface area contributed by atoms with Crippen LogP contribution in [0, 0.1) is 0 Å². The third kappa shape index (κ3) is 4.75. The molecule has 0 radical (unpaired) electrons. The Bertz CT molecular complexity index is 712. The lowest BCUT2D eigenvalue weighted by Gasteiger charge is -2.22. The van der Waals surface area contributed by atoms with Crippen molar-refractivity contribution in [2.45, 2.75) is 45.8 Å². The summed E-state index contributed by atoms with van der Waals surface area (Å²) < 4.78 is 11.3. The minimum Gasteiger partial charge on any atom is -0.496 e. The van der Waals surface area contributed by atoms with Crippen LogP contribution in [-0.2, 0) is 4.79 Å². The number of hydrogen-bond acceptors (Lipinski definition) is 3. The van der Waals surface area contributed by atoms with Crippen LogP contribution in [0.25, 0.3) is 0 Å². The summed E-state index contributed by atoms with van der Waals surface area (Å²) in [5.74, 6) is 1.69. The van der Waals surface area contributed by atoms with E-state index in [2.05, 4.69) is 19.2 Å². The Kier molecular flexibility index (Phi) is 6.45. The summed E-state index contributed by atoms with van der Waals surface area (Å²) in [6, 6.07) is 15.3. The van der Waals surface area contributed by atoms with E-state index in [1.54, 1.807) is 14.0 Å². The maximum absolute atomic E-state index is 12.5. The summed E-state index contributed by atoms with van der Waals surface area (Å²) in [7, 11) is 1.63. The summed E-state index contributed by atoms with van der Waals surface area (Å²) in [5, 5.41) is 3.00. The quantitative estimate of drug-likeness (QED) is 0.808. The van der Waals surface area contributed by atoms with Gasteiger partial charge in [-0.05, 0) is 37.5 Å². The number of amides is 1. The van der Waals surface area contributed by atoms with Gasteiger partial charge in [0.1, 0.15) is 11.5 Å². The first-order valence-corrected chi connectivity index (χ1v) is 8.63. The van der Waals surface area contributed by atoms with Gasteiger partial charge in [0.25, 0.3) is 5.91 Å². The average molecular weight is 341 g/mol. The van der Waals surface area contributed by atoms with Crippen LogP contribution in [0.4, 0.5) is 0 Å². The number of carbonyl (C=O) groups excluding carboxylic acids is 1. The van der Waals surface area contributed by atoms with Crippen molar-refractivity contribution in [1.82, 2.24) is 5.32 Å². The van der Waals surface area contributed by atoms with Crippen molar-refractivity contribution in [1.29, 1.82) is 0 Å². The maximum atomic E-state index is 12.5. The summed E-state index contributed by atoms with van der Waals surface area (Å²) in [6.07, 6.45) is -0.586. The number of ether oxygens (including phenoxy) is 2. The van der Waals surface area contributed by atoms with Gasteiger partial charge in [-0.25, -0.2) is 0 Å². The zero-order valence-corrected chi connectivity index (χ0v) is 15.6. The first-order chi connectivity index (χ1) is 11.9. The normalized spacial score (nSPS) is 13.2. The van der Waals surface area contributed by atoms with Gasteiger partial charge in [0, 0.05) is 5.56 Å². The molecule has 25 heavy (non-hydrogen) atoms. The standard InChI is InChI=1S/C21H27NO3/c1-14(2)17-10-6-9-13-20(17)25-16(4)21(23)22-15(3)18-11-7-8-12-19(18)24-5/h6-16H,1-5H3,(H,22,23). The van der Waals surface area contributed by atoms with E-state index in [-0.39, 0.29) is 11.9 Å². The van der Waals surface area contributed by atoms with Crippen LogP contribution in [0.15, 0.2) is 48.5 Å². The van der Waals surface area contributed by atoms with Gasteiger partial charge in [0.2, 0.25) is 0 Å². The van der Waals surface area contributed by atoms with Gasteiger partial charge in [0.05, 0.1) is 13.2 Å². The second-order valence-electron chi connectivity index (χ2n) is 6.42. The number of nitrogens with one attached hydrogen (secondary N) is 1. The Morgan fingerprint density at radius 2 is 1.44 bits per heavy atom. The second kappa shape index (κ2) is 8.56. The Hall–Kier alpha value is -2.49. The van der Waals surface area contributed by atoms with E-state index in [0.717, 1.165) is 22.6 Å². The van der Waals surface area contributed by atoms with Crippen LogP contribution in [0.2, 0.25) is 0 Å². The topological polar surface area (TPSA) is 47.6 Å². The highest BCUT2D eigenvalue weighted by Crippen LogP contribution is 2.27. The fourth-order valence-corrected chi connectivity index (χ4v) is 2.74. The van der Waals surface area contributed by atoms with E-state index in [0.29, 0.717) is 5.92 Å². The lowest BCUT2D eigenvalue weighted by molar-refractivity contribution is -0.127. The van der Waals surface area contributed by atoms with Crippen molar-refractivity contribution in [3.63, 3.8) is 0 Å². The van der Waals surface area contributed by atoms with Crippen molar-refractivity contribution < 1.29 is 14.3 Å². The fraction of sp³-hybridized carbons (Fsp3) is 0.381. The molecule has 4 nitrogen and oxygen atoms in total. The Morgan fingerprint density at radius 1 is 0.880 bits per heavy atom. The molecular weight excluding hydrogens is 314 g/mol. The summed E-state index contributed by atoms with van der Waals surface area (Å²) in [5.41, 5.74) is 2.04. The van der Waals surface area contributed by atoms with Crippen LogP contribution >= 0.6 is 0 Å². The number of methoxy groups -OCH3 is 1. The third-order valence-electron chi connectivity index (χ3n) is 4.18. The van der Waals surface area contributed by atoms with Gasteiger partial charge < -0.3 is 14.8 Å². The van der Waals surface area contributed by atoms with Gasteiger partial charge in [0.15, 0.2) is 6.10 Å². The molecule has 1 amide bonds. The molecule has 134 valence electrons. The van der Waals surface area contributed by atoms with Crippen molar-refractivity contribution in [2.75, 3.05) is 7.11 Å². The largest absolute Gasteiger partial charge is 0.496 e. The van der Waals surface area contributed by atoms with Crippen molar-refractivity contribution in [3.05, 3.63) is 59.7 Å². The van der Waals surface area contributed by atoms with E-state index in [9.17, 15) is 4.79 Å². The van der Waals surface area contributed by atoms with E-state index in [1.165, 1.54) is 0 Å². The molecule has 4 heteroatoms. The van der Waals surface area contributed by atoms with Crippen LogP contribution in [0.3, 0.4) is 0 Å². The highest BCUT2D eigenvalue weighted by atomic mass is 16.5. The Balaban J connectivity index is 2.06. The monoisotopic (exact) mass is 341 g/mol. The Morgan fingerprint density at radius 3 is 2.04 bits per heavy atom. The van der Waals surface area contributed by atoms with Crippen LogP contribution < -0.4 is 14.8 Å². The number of hydrogen-bond donors (Lipinski definition) is 1. The highest BCUT2D eigenvalue weighted by molar-refractivity contribution is 5.81. The smallest absolute Gasteiger partial charge is 0.261 e. The Labute approximate surface area is 150 Å². The van der Waals surface area contributed by atoms with Gasteiger partial charge in [-0.2, -0.15) is 0 Å². The fourth-order valence-electron chi connectivity index (χ4n) is 2.74. The van der Waals surface area contributed by atoms with Crippen LogP contribution in [-0.4, -0.2) is 19.1 Å². The zero-order chi connectivity index (χ0) is 18.4. The maximum Gasteiger partial charge on any atom is 0.261 e. The minimum absolute atomic E-state index is 0.156. The molecule has 0 spiro atoms. The number of para-hydroxylation sites is 2. The molecule has 0 aromatic heterocycles. The van der Waals surface area contributed by atoms with Crippen LogP contribution in [0.1, 0.15) is 50.8 Å². The minimum atomic E-state index is -0.586. The molecule has 0 saturated carbocycles. The molecule has 2 aromatic carbocycles. The SMILES string of the molecule is COc1ccccc1C(C)NC(=O)C(C)Oc1ccccc1C(C)C. The van der Waals surface area contributed by atoms with Crippen molar-refractivity contribution in [3.8, 4) is 11.5 Å².